The molecule has 0 aliphatic carbocycles. The first-order chi connectivity index (χ1) is 8.75. The molecule has 0 saturated carbocycles. The second-order valence-corrected chi connectivity index (χ2v) is 6.01. The fraction of sp³-hybridized carbons (Fsp3) is 0.143. The van der Waals surface area contributed by atoms with Crippen molar-refractivity contribution in [2.24, 2.45) is 4.99 Å². The van der Waals surface area contributed by atoms with Gasteiger partial charge in [0, 0.05) is 6.20 Å². The third kappa shape index (κ3) is 3.53. The summed E-state index contributed by atoms with van der Waals surface area (Å²) in [5.74, 6) is 0.837. The van der Waals surface area contributed by atoms with E-state index in [9.17, 15) is 0 Å². The summed E-state index contributed by atoms with van der Waals surface area (Å²) in [6, 6.07) is 13.5. The second kappa shape index (κ2) is 6.12. The van der Waals surface area contributed by atoms with Crippen LogP contribution in [0.2, 0.25) is 13.1 Å². The molecule has 4 heteroatoms. The normalized spacial score (nSPS) is 11.1. The van der Waals surface area contributed by atoms with Gasteiger partial charge < -0.3 is 4.43 Å². The zero-order valence-corrected chi connectivity index (χ0v) is 11.5. The number of aliphatic imine (C=N–C) groups is 1. The van der Waals surface area contributed by atoms with Gasteiger partial charge in [-0.3, -0.25) is 9.98 Å². The number of pyridine rings is 1. The summed E-state index contributed by atoms with van der Waals surface area (Å²) in [4.78, 5) is 8.63. The quantitative estimate of drug-likeness (QED) is 0.619. The first kappa shape index (κ1) is 12.5. The molecule has 18 heavy (non-hydrogen) atoms. The molecule has 91 valence electrons. The Balaban J connectivity index is 2.21. The van der Waals surface area contributed by atoms with Crippen LogP contribution in [0.3, 0.4) is 0 Å². The van der Waals surface area contributed by atoms with Crippen LogP contribution in [0, 0.1) is 0 Å². The highest BCUT2D eigenvalue weighted by molar-refractivity contribution is 6.49. The summed E-state index contributed by atoms with van der Waals surface area (Å²) in [5.41, 5.74) is 1.68. The number of para-hydroxylation sites is 2. The van der Waals surface area contributed by atoms with E-state index >= 15 is 0 Å². The summed E-state index contributed by atoms with van der Waals surface area (Å²) < 4.78 is 5.80. The van der Waals surface area contributed by atoms with Crippen LogP contribution in [0.5, 0.6) is 5.75 Å². The molecule has 0 spiro atoms. The van der Waals surface area contributed by atoms with Gasteiger partial charge in [0.05, 0.1) is 11.9 Å². The van der Waals surface area contributed by atoms with Gasteiger partial charge in [0.15, 0.2) is 0 Å². The lowest BCUT2D eigenvalue weighted by atomic mass is 10.3. The molecule has 1 aromatic heterocycles. The Morgan fingerprint density at radius 2 is 1.89 bits per heavy atom. The Bertz CT molecular complexity index is 526. The van der Waals surface area contributed by atoms with Crippen molar-refractivity contribution in [3.05, 3.63) is 54.4 Å². The average molecular weight is 255 g/mol. The molecule has 0 atom stereocenters. The van der Waals surface area contributed by atoms with Crippen molar-refractivity contribution in [3.63, 3.8) is 0 Å². The minimum Gasteiger partial charge on any atom is -0.541 e. The van der Waals surface area contributed by atoms with E-state index in [1.54, 1.807) is 12.4 Å². The number of hydrogen-bond donors (Lipinski definition) is 0. The zero-order chi connectivity index (χ0) is 12.8. The maximum absolute atomic E-state index is 5.80. The van der Waals surface area contributed by atoms with Crippen LogP contribution in [0.1, 0.15) is 5.69 Å². The van der Waals surface area contributed by atoms with Crippen molar-refractivity contribution in [2.75, 3.05) is 0 Å². The number of rotatable bonds is 4. The predicted molar refractivity (Wildman–Crippen MR) is 76.0 cm³/mol. The van der Waals surface area contributed by atoms with E-state index in [1.165, 1.54) is 0 Å². The van der Waals surface area contributed by atoms with Crippen LogP contribution in [0.25, 0.3) is 0 Å². The molecule has 0 aliphatic heterocycles. The highest BCUT2D eigenvalue weighted by atomic mass is 28.3. The maximum atomic E-state index is 5.80. The third-order valence-electron chi connectivity index (χ3n) is 2.20. The lowest BCUT2D eigenvalue weighted by Crippen LogP contribution is -2.11. The van der Waals surface area contributed by atoms with Crippen LogP contribution in [-0.2, 0) is 0 Å². The zero-order valence-electron chi connectivity index (χ0n) is 10.5. The lowest BCUT2D eigenvalue weighted by molar-refractivity contribution is 0.582. The minimum absolute atomic E-state index is 0.780. The minimum atomic E-state index is -0.780. The highest BCUT2D eigenvalue weighted by Gasteiger charge is 2.04. The van der Waals surface area contributed by atoms with E-state index in [1.807, 2.05) is 42.5 Å². The molecular weight excluding hydrogens is 240 g/mol. The monoisotopic (exact) mass is 255 g/mol. The van der Waals surface area contributed by atoms with E-state index in [-0.39, 0.29) is 0 Å². The number of aromatic nitrogens is 1. The summed E-state index contributed by atoms with van der Waals surface area (Å²) in [5, 5.41) is 0. The predicted octanol–water partition coefficient (Wildman–Crippen LogP) is 3.46. The van der Waals surface area contributed by atoms with Gasteiger partial charge in [0.1, 0.15) is 11.4 Å². The molecule has 0 aliphatic rings. The largest absolute Gasteiger partial charge is 0.541 e. The third-order valence-corrected chi connectivity index (χ3v) is 2.83. The van der Waals surface area contributed by atoms with Crippen molar-refractivity contribution in [2.45, 2.75) is 13.1 Å². The van der Waals surface area contributed by atoms with E-state index in [2.05, 4.69) is 23.1 Å². The number of nitrogens with zero attached hydrogens (tertiary/aromatic N) is 2. The molecule has 0 saturated heterocycles. The Hall–Kier alpha value is -1.94. The summed E-state index contributed by atoms with van der Waals surface area (Å²) in [6.07, 6.45) is 3.50. The van der Waals surface area contributed by atoms with E-state index < -0.39 is 9.04 Å². The molecular formula is C14H15N2OSi. The van der Waals surface area contributed by atoms with Gasteiger partial charge in [-0.1, -0.05) is 18.2 Å². The number of hydrogen-bond acceptors (Lipinski definition) is 3. The summed E-state index contributed by atoms with van der Waals surface area (Å²) in [7, 11) is -0.780. The average Bonchev–Trinajstić information content (AvgIpc) is 2.38. The van der Waals surface area contributed by atoms with Gasteiger partial charge in [-0.2, -0.15) is 0 Å². The van der Waals surface area contributed by atoms with Crippen LogP contribution < -0.4 is 4.43 Å². The topological polar surface area (TPSA) is 34.5 Å². The molecule has 0 unspecified atom stereocenters. The van der Waals surface area contributed by atoms with Gasteiger partial charge in [0.2, 0.25) is 0 Å². The maximum Gasteiger partial charge on any atom is 0.274 e. The van der Waals surface area contributed by atoms with Gasteiger partial charge >= 0.3 is 0 Å². The Morgan fingerprint density at radius 1 is 1.11 bits per heavy atom. The van der Waals surface area contributed by atoms with Gasteiger partial charge in [-0.15, -0.1) is 0 Å². The Labute approximate surface area is 109 Å². The fourth-order valence-corrected chi connectivity index (χ4v) is 2.07. The Morgan fingerprint density at radius 3 is 2.61 bits per heavy atom. The second-order valence-electron chi connectivity index (χ2n) is 3.99. The first-order valence-corrected chi connectivity index (χ1v) is 8.18. The molecule has 1 aromatic carbocycles. The molecule has 2 rings (SSSR count). The van der Waals surface area contributed by atoms with Crippen LogP contribution in [0.4, 0.5) is 5.69 Å². The molecule has 0 bridgehead atoms. The molecule has 1 radical (unpaired) electrons. The van der Waals surface area contributed by atoms with Crippen molar-refractivity contribution in [1.82, 2.24) is 4.98 Å². The molecule has 1 heterocycles. The van der Waals surface area contributed by atoms with Gasteiger partial charge in [0.25, 0.3) is 9.04 Å². The standard InChI is InChI=1S/C14H15N2OSi/c1-18(2)17-14-9-4-3-8-13(14)16-11-12-7-5-6-10-15-12/h3-11H,1-2H3. The molecule has 0 N–H and O–H groups in total. The Kier molecular flexibility index (Phi) is 4.25. The summed E-state index contributed by atoms with van der Waals surface area (Å²) >= 11 is 0. The van der Waals surface area contributed by atoms with Crippen LogP contribution in [-0.4, -0.2) is 20.2 Å². The molecule has 3 nitrogen and oxygen atoms in total. The van der Waals surface area contributed by atoms with E-state index in [4.69, 9.17) is 4.43 Å². The summed E-state index contributed by atoms with van der Waals surface area (Å²) in [6.45, 7) is 4.20. The van der Waals surface area contributed by atoms with E-state index in [0.29, 0.717) is 0 Å². The van der Waals surface area contributed by atoms with Crippen molar-refractivity contribution in [3.8, 4) is 5.75 Å². The smallest absolute Gasteiger partial charge is 0.274 e. The highest BCUT2D eigenvalue weighted by Crippen LogP contribution is 2.27. The SMILES string of the molecule is C[Si](C)Oc1ccccc1N=Cc1ccccn1. The number of benzene rings is 1. The van der Waals surface area contributed by atoms with Crippen molar-refractivity contribution in [1.29, 1.82) is 0 Å². The van der Waals surface area contributed by atoms with Gasteiger partial charge in [-0.05, 0) is 37.4 Å². The molecule has 2 aromatic rings. The lowest BCUT2D eigenvalue weighted by Gasteiger charge is -2.10. The van der Waals surface area contributed by atoms with Crippen molar-refractivity contribution >= 4 is 20.9 Å². The van der Waals surface area contributed by atoms with Crippen LogP contribution in [0.15, 0.2) is 53.7 Å². The first-order valence-electron chi connectivity index (χ1n) is 5.78. The molecule has 0 amide bonds. The van der Waals surface area contributed by atoms with E-state index in [0.717, 1.165) is 17.1 Å². The van der Waals surface area contributed by atoms with Crippen LogP contribution >= 0.6 is 0 Å². The molecule has 0 fully saturated rings. The van der Waals surface area contributed by atoms with Crippen molar-refractivity contribution < 1.29 is 4.43 Å². The fourth-order valence-electron chi connectivity index (χ4n) is 1.46. The van der Waals surface area contributed by atoms with Gasteiger partial charge in [-0.25, -0.2) is 0 Å².